The number of hydrogen-bond acceptors (Lipinski definition) is 3. The summed E-state index contributed by atoms with van der Waals surface area (Å²) in [6, 6.07) is 12.5. The smallest absolute Gasteiger partial charge is 0.143 e. The van der Waals surface area contributed by atoms with Gasteiger partial charge in [0.25, 0.3) is 0 Å². The topological polar surface area (TPSA) is 45.0 Å². The van der Waals surface area contributed by atoms with Crippen LogP contribution in [0.1, 0.15) is 11.6 Å². The predicted octanol–water partition coefficient (Wildman–Crippen LogP) is 4.16. The summed E-state index contributed by atoms with van der Waals surface area (Å²) in [5.41, 5.74) is 0.958. The average Bonchev–Trinajstić information content (AvgIpc) is 2.46. The van der Waals surface area contributed by atoms with Crippen LogP contribution in [0.3, 0.4) is 0 Å². The van der Waals surface area contributed by atoms with Crippen LogP contribution in [-0.4, -0.2) is 7.11 Å². The summed E-state index contributed by atoms with van der Waals surface area (Å²) < 4.78 is 18.9. The lowest BCUT2D eigenvalue weighted by molar-refractivity contribution is 0.415. The van der Waals surface area contributed by atoms with Crippen LogP contribution in [-0.2, 0) is 0 Å². The Labute approximate surface area is 121 Å². The quantitative estimate of drug-likeness (QED) is 0.919. The first-order valence-electron chi connectivity index (χ1n) is 5.89. The number of ether oxygens (including phenoxy) is 1. The largest absolute Gasteiger partial charge is 0.497 e. The lowest BCUT2D eigenvalue weighted by Crippen LogP contribution is -2.10. The minimum atomic E-state index is -0.791. The van der Waals surface area contributed by atoms with Gasteiger partial charge in [0.1, 0.15) is 17.6 Å². The van der Waals surface area contributed by atoms with Crippen LogP contribution >= 0.6 is 11.6 Å². The van der Waals surface area contributed by atoms with Gasteiger partial charge in [-0.1, -0.05) is 17.7 Å². The van der Waals surface area contributed by atoms with Gasteiger partial charge in [0, 0.05) is 16.3 Å². The highest BCUT2D eigenvalue weighted by atomic mass is 35.5. The Bertz CT molecular complexity index is 637. The number of methoxy groups -OCH3 is 1. The molecule has 2 aromatic carbocycles. The summed E-state index contributed by atoms with van der Waals surface area (Å²) in [7, 11) is 1.57. The third-order valence-corrected chi connectivity index (χ3v) is 3.04. The number of hydrogen-bond donors (Lipinski definition) is 1. The zero-order chi connectivity index (χ0) is 14.5. The van der Waals surface area contributed by atoms with E-state index in [4.69, 9.17) is 16.3 Å². The first kappa shape index (κ1) is 14.2. The second-order valence-electron chi connectivity index (χ2n) is 4.10. The summed E-state index contributed by atoms with van der Waals surface area (Å²) in [6.07, 6.45) is 0. The highest BCUT2D eigenvalue weighted by Gasteiger charge is 2.15. The van der Waals surface area contributed by atoms with Gasteiger partial charge in [-0.05, 0) is 36.4 Å². The van der Waals surface area contributed by atoms with Crippen LogP contribution in [0.15, 0.2) is 42.5 Å². The van der Waals surface area contributed by atoms with Gasteiger partial charge in [0.05, 0.1) is 13.2 Å². The molecule has 0 fully saturated rings. The molecule has 2 rings (SSSR count). The minimum absolute atomic E-state index is 0.257. The molecular formula is C15H12ClFN2O. The molecule has 2 aromatic rings. The van der Waals surface area contributed by atoms with Crippen LogP contribution < -0.4 is 10.1 Å². The average molecular weight is 291 g/mol. The van der Waals surface area contributed by atoms with Crippen molar-refractivity contribution in [2.75, 3.05) is 12.4 Å². The van der Waals surface area contributed by atoms with E-state index in [2.05, 4.69) is 5.32 Å². The van der Waals surface area contributed by atoms with Crippen molar-refractivity contribution < 1.29 is 9.13 Å². The molecule has 1 unspecified atom stereocenters. The lowest BCUT2D eigenvalue weighted by atomic mass is 10.1. The first-order chi connectivity index (χ1) is 9.63. The van der Waals surface area contributed by atoms with E-state index in [-0.39, 0.29) is 5.56 Å². The summed E-state index contributed by atoms with van der Waals surface area (Å²) in [4.78, 5) is 0. The van der Waals surface area contributed by atoms with Crippen molar-refractivity contribution in [2.45, 2.75) is 6.04 Å². The monoisotopic (exact) mass is 290 g/mol. The van der Waals surface area contributed by atoms with Crippen molar-refractivity contribution in [3.8, 4) is 11.8 Å². The standard InChI is InChI=1S/C15H12ClFN2O/c1-20-12-5-3-11(4-6-12)19-15(9-18)13-7-2-10(16)8-14(13)17/h2-8,15,19H,1H3. The van der Waals surface area contributed by atoms with Crippen molar-refractivity contribution in [2.24, 2.45) is 0 Å². The zero-order valence-electron chi connectivity index (χ0n) is 10.7. The number of halogens is 2. The molecule has 0 bridgehead atoms. The number of nitrogens with zero attached hydrogens (tertiary/aromatic N) is 1. The number of rotatable bonds is 4. The highest BCUT2D eigenvalue weighted by Crippen LogP contribution is 2.25. The maximum absolute atomic E-state index is 13.8. The van der Waals surface area contributed by atoms with Crippen molar-refractivity contribution in [1.29, 1.82) is 5.26 Å². The van der Waals surface area contributed by atoms with Crippen LogP contribution in [0.25, 0.3) is 0 Å². The molecular weight excluding hydrogens is 279 g/mol. The summed E-state index contributed by atoms with van der Waals surface area (Å²) in [5.74, 6) is 0.201. The third-order valence-electron chi connectivity index (χ3n) is 2.80. The number of anilines is 1. The van der Waals surface area contributed by atoms with E-state index in [0.717, 1.165) is 0 Å². The van der Waals surface area contributed by atoms with E-state index in [1.807, 2.05) is 6.07 Å². The second-order valence-corrected chi connectivity index (χ2v) is 4.54. The van der Waals surface area contributed by atoms with E-state index >= 15 is 0 Å². The van der Waals surface area contributed by atoms with Gasteiger partial charge in [0.15, 0.2) is 0 Å². The Morgan fingerprint density at radius 3 is 2.50 bits per heavy atom. The molecule has 5 heteroatoms. The third kappa shape index (κ3) is 3.19. The van der Waals surface area contributed by atoms with E-state index in [1.54, 1.807) is 37.4 Å². The second kappa shape index (κ2) is 6.27. The van der Waals surface area contributed by atoms with E-state index in [1.165, 1.54) is 12.1 Å². The maximum atomic E-state index is 13.8. The maximum Gasteiger partial charge on any atom is 0.143 e. The molecule has 0 saturated heterocycles. The molecule has 102 valence electrons. The van der Waals surface area contributed by atoms with Crippen molar-refractivity contribution in [3.05, 3.63) is 58.9 Å². The molecule has 0 aromatic heterocycles. The Hall–Kier alpha value is -2.25. The van der Waals surface area contributed by atoms with E-state index in [0.29, 0.717) is 16.5 Å². The number of benzene rings is 2. The van der Waals surface area contributed by atoms with Crippen LogP contribution in [0.5, 0.6) is 5.75 Å². The molecule has 3 nitrogen and oxygen atoms in total. The molecule has 0 radical (unpaired) electrons. The number of nitrogens with one attached hydrogen (secondary N) is 1. The molecule has 0 aliphatic rings. The highest BCUT2D eigenvalue weighted by molar-refractivity contribution is 6.30. The molecule has 1 N–H and O–H groups in total. The van der Waals surface area contributed by atoms with E-state index in [9.17, 15) is 9.65 Å². The normalized spacial score (nSPS) is 11.5. The van der Waals surface area contributed by atoms with Crippen molar-refractivity contribution in [1.82, 2.24) is 0 Å². The van der Waals surface area contributed by atoms with Crippen LogP contribution in [0.2, 0.25) is 5.02 Å². The lowest BCUT2D eigenvalue weighted by Gasteiger charge is -2.14. The molecule has 0 spiro atoms. The number of nitriles is 1. The summed E-state index contributed by atoms with van der Waals surface area (Å²) in [5, 5.41) is 12.5. The SMILES string of the molecule is COc1ccc(NC(C#N)c2ccc(Cl)cc2F)cc1. The molecule has 0 heterocycles. The van der Waals surface area contributed by atoms with Crippen LogP contribution in [0.4, 0.5) is 10.1 Å². The fraction of sp³-hybridized carbons (Fsp3) is 0.133. The minimum Gasteiger partial charge on any atom is -0.497 e. The summed E-state index contributed by atoms with van der Waals surface area (Å²) >= 11 is 5.70. The van der Waals surface area contributed by atoms with Gasteiger partial charge < -0.3 is 10.1 Å². The Morgan fingerprint density at radius 2 is 1.95 bits per heavy atom. The Morgan fingerprint density at radius 1 is 1.25 bits per heavy atom. The van der Waals surface area contributed by atoms with Gasteiger partial charge >= 0.3 is 0 Å². The first-order valence-corrected chi connectivity index (χ1v) is 6.27. The Balaban J connectivity index is 2.22. The van der Waals surface area contributed by atoms with Gasteiger partial charge in [-0.3, -0.25) is 0 Å². The van der Waals surface area contributed by atoms with Gasteiger partial charge in [-0.2, -0.15) is 5.26 Å². The summed E-state index contributed by atoms with van der Waals surface area (Å²) in [6.45, 7) is 0. The van der Waals surface area contributed by atoms with Crippen molar-refractivity contribution in [3.63, 3.8) is 0 Å². The predicted molar refractivity (Wildman–Crippen MR) is 76.4 cm³/mol. The van der Waals surface area contributed by atoms with Crippen molar-refractivity contribution >= 4 is 17.3 Å². The fourth-order valence-corrected chi connectivity index (χ4v) is 1.93. The molecule has 1 atom stereocenters. The molecule has 0 aliphatic heterocycles. The molecule has 0 saturated carbocycles. The van der Waals surface area contributed by atoms with Gasteiger partial charge in [0.2, 0.25) is 0 Å². The molecule has 0 amide bonds. The van der Waals surface area contributed by atoms with Gasteiger partial charge in [-0.15, -0.1) is 0 Å². The molecule has 20 heavy (non-hydrogen) atoms. The zero-order valence-corrected chi connectivity index (χ0v) is 11.5. The van der Waals surface area contributed by atoms with Crippen LogP contribution in [0, 0.1) is 17.1 Å². The molecule has 0 aliphatic carbocycles. The Kier molecular flexibility index (Phi) is 4.44. The van der Waals surface area contributed by atoms with E-state index < -0.39 is 11.9 Å². The van der Waals surface area contributed by atoms with Gasteiger partial charge in [-0.25, -0.2) is 4.39 Å². The fourth-order valence-electron chi connectivity index (χ4n) is 1.77.